The first kappa shape index (κ1) is 20.9. The lowest BCUT2D eigenvalue weighted by Crippen LogP contribution is -3.13. The van der Waals surface area contributed by atoms with Crippen LogP contribution >= 0.6 is 0 Å². The van der Waals surface area contributed by atoms with Crippen molar-refractivity contribution in [2.24, 2.45) is 0 Å². The highest BCUT2D eigenvalue weighted by Gasteiger charge is 2.23. The summed E-state index contributed by atoms with van der Waals surface area (Å²) in [4.78, 5) is 13.9. The third-order valence-corrected chi connectivity index (χ3v) is 7.06. The zero-order valence-corrected chi connectivity index (χ0v) is 16.9. The average Bonchev–Trinajstić information content (AvgIpc) is 2.56. The number of hydrogen-bond acceptors (Lipinski definition) is 3. The SMILES string of the molecule is CC(C)N(C)S(=O)(=O)c1ccc(NC(=O)C[NH+]2CCCCCCC2)cc1. The van der Waals surface area contributed by atoms with Gasteiger partial charge in [0.05, 0.1) is 18.0 Å². The number of anilines is 1. The molecule has 7 heteroatoms. The van der Waals surface area contributed by atoms with Crippen LogP contribution in [-0.4, -0.2) is 51.4 Å². The van der Waals surface area contributed by atoms with Gasteiger partial charge in [-0.2, -0.15) is 4.31 Å². The Morgan fingerprint density at radius 2 is 1.62 bits per heavy atom. The summed E-state index contributed by atoms with van der Waals surface area (Å²) in [5.41, 5.74) is 0.632. The Morgan fingerprint density at radius 1 is 1.08 bits per heavy atom. The van der Waals surface area contributed by atoms with Gasteiger partial charge in [-0.25, -0.2) is 8.42 Å². The molecule has 1 aromatic carbocycles. The number of nitrogens with one attached hydrogen (secondary N) is 2. The van der Waals surface area contributed by atoms with Crippen LogP contribution < -0.4 is 10.2 Å². The van der Waals surface area contributed by atoms with Crippen molar-refractivity contribution in [1.82, 2.24) is 4.31 Å². The molecule has 1 aliphatic rings. The van der Waals surface area contributed by atoms with Crippen LogP contribution in [0.2, 0.25) is 0 Å². The molecule has 26 heavy (non-hydrogen) atoms. The predicted molar refractivity (Wildman–Crippen MR) is 104 cm³/mol. The van der Waals surface area contributed by atoms with Gasteiger partial charge in [0.1, 0.15) is 0 Å². The standard InChI is InChI=1S/C19H31N3O3S/c1-16(2)21(3)26(24,25)18-11-9-17(10-12-18)20-19(23)15-22-13-7-5-4-6-8-14-22/h9-12,16H,4-8,13-15H2,1-3H3,(H,20,23)/p+1. The van der Waals surface area contributed by atoms with Gasteiger partial charge in [0.15, 0.2) is 6.54 Å². The van der Waals surface area contributed by atoms with E-state index in [0.717, 1.165) is 13.1 Å². The van der Waals surface area contributed by atoms with E-state index in [4.69, 9.17) is 0 Å². The molecule has 1 heterocycles. The molecule has 0 aliphatic carbocycles. The Morgan fingerprint density at radius 3 is 2.15 bits per heavy atom. The first-order chi connectivity index (χ1) is 12.3. The van der Waals surface area contributed by atoms with Crippen molar-refractivity contribution in [3.63, 3.8) is 0 Å². The maximum absolute atomic E-state index is 12.5. The maximum Gasteiger partial charge on any atom is 0.279 e. The molecular formula is C19H32N3O3S+. The first-order valence-electron chi connectivity index (χ1n) is 9.52. The number of likely N-dealkylation sites (tertiary alicyclic amines) is 1. The number of quaternary nitrogens is 1. The molecule has 6 nitrogen and oxygen atoms in total. The van der Waals surface area contributed by atoms with E-state index in [9.17, 15) is 13.2 Å². The van der Waals surface area contributed by atoms with E-state index in [2.05, 4.69) is 5.32 Å². The summed E-state index contributed by atoms with van der Waals surface area (Å²) in [5.74, 6) is -0.0181. The van der Waals surface area contributed by atoms with Gasteiger partial charge < -0.3 is 10.2 Å². The predicted octanol–water partition coefficient (Wildman–Crippen LogP) is 1.50. The molecule has 1 amide bonds. The largest absolute Gasteiger partial charge is 0.327 e. The molecule has 2 N–H and O–H groups in total. The fourth-order valence-corrected chi connectivity index (χ4v) is 4.54. The quantitative estimate of drug-likeness (QED) is 0.783. The molecule has 0 spiro atoms. The molecule has 0 aromatic heterocycles. The van der Waals surface area contributed by atoms with Crippen molar-refractivity contribution < 1.29 is 18.1 Å². The van der Waals surface area contributed by atoms with Crippen molar-refractivity contribution in [3.8, 4) is 0 Å². The van der Waals surface area contributed by atoms with Crippen LogP contribution in [0.4, 0.5) is 5.69 Å². The molecule has 1 saturated heterocycles. The second-order valence-electron chi connectivity index (χ2n) is 7.38. The molecule has 0 unspecified atom stereocenters. The van der Waals surface area contributed by atoms with Crippen LogP contribution in [-0.2, 0) is 14.8 Å². The van der Waals surface area contributed by atoms with E-state index in [1.165, 1.54) is 41.3 Å². The molecule has 0 saturated carbocycles. The van der Waals surface area contributed by atoms with Gasteiger partial charge in [-0.3, -0.25) is 4.79 Å². The highest BCUT2D eigenvalue weighted by Crippen LogP contribution is 2.18. The van der Waals surface area contributed by atoms with E-state index < -0.39 is 10.0 Å². The summed E-state index contributed by atoms with van der Waals surface area (Å²) < 4.78 is 26.3. The van der Waals surface area contributed by atoms with Crippen molar-refractivity contribution in [2.75, 3.05) is 32.0 Å². The summed E-state index contributed by atoms with van der Waals surface area (Å²) >= 11 is 0. The van der Waals surface area contributed by atoms with Crippen LogP contribution in [0.5, 0.6) is 0 Å². The lowest BCUT2D eigenvalue weighted by molar-refractivity contribution is -0.892. The van der Waals surface area contributed by atoms with Crippen LogP contribution in [0.3, 0.4) is 0 Å². The van der Waals surface area contributed by atoms with Gasteiger partial charge in [0.25, 0.3) is 5.91 Å². The molecule has 0 radical (unpaired) electrons. The Bertz CT molecular complexity index is 678. The maximum atomic E-state index is 12.5. The Balaban J connectivity index is 1.95. The molecular weight excluding hydrogens is 350 g/mol. The lowest BCUT2D eigenvalue weighted by Gasteiger charge is -2.22. The summed E-state index contributed by atoms with van der Waals surface area (Å²) in [5, 5.41) is 2.89. The molecule has 0 atom stereocenters. The minimum Gasteiger partial charge on any atom is -0.327 e. The molecule has 0 bridgehead atoms. The number of carbonyl (C=O) groups is 1. The molecule has 2 rings (SSSR count). The number of sulfonamides is 1. The number of benzene rings is 1. The smallest absolute Gasteiger partial charge is 0.279 e. The third kappa shape index (κ3) is 5.79. The third-order valence-electron chi connectivity index (χ3n) is 5.01. The lowest BCUT2D eigenvalue weighted by atomic mass is 10.1. The summed E-state index contributed by atoms with van der Waals surface area (Å²) in [6.45, 7) is 6.23. The molecule has 146 valence electrons. The number of nitrogens with zero attached hydrogens (tertiary/aromatic N) is 1. The van der Waals surface area contributed by atoms with Crippen molar-refractivity contribution >= 4 is 21.6 Å². The van der Waals surface area contributed by atoms with Gasteiger partial charge in [-0.15, -0.1) is 0 Å². The second-order valence-corrected chi connectivity index (χ2v) is 9.38. The monoisotopic (exact) mass is 382 g/mol. The van der Waals surface area contributed by atoms with E-state index in [-0.39, 0.29) is 16.8 Å². The van der Waals surface area contributed by atoms with E-state index in [1.807, 2.05) is 13.8 Å². The van der Waals surface area contributed by atoms with E-state index in [0.29, 0.717) is 12.2 Å². The Labute approximate surface area is 157 Å². The Hall–Kier alpha value is -1.44. The molecule has 1 aromatic rings. The number of hydrogen-bond donors (Lipinski definition) is 2. The van der Waals surface area contributed by atoms with Gasteiger partial charge in [-0.05, 0) is 63.8 Å². The highest BCUT2D eigenvalue weighted by atomic mass is 32.2. The minimum atomic E-state index is -3.50. The van der Waals surface area contributed by atoms with Crippen LogP contribution in [0.25, 0.3) is 0 Å². The minimum absolute atomic E-state index is 0.0181. The van der Waals surface area contributed by atoms with Crippen molar-refractivity contribution in [3.05, 3.63) is 24.3 Å². The van der Waals surface area contributed by atoms with Gasteiger partial charge >= 0.3 is 0 Å². The molecule has 1 aliphatic heterocycles. The van der Waals surface area contributed by atoms with Crippen molar-refractivity contribution in [1.29, 1.82) is 0 Å². The van der Waals surface area contributed by atoms with E-state index in [1.54, 1.807) is 31.3 Å². The van der Waals surface area contributed by atoms with Crippen molar-refractivity contribution in [2.45, 2.75) is 56.9 Å². The first-order valence-corrected chi connectivity index (χ1v) is 11.0. The van der Waals surface area contributed by atoms with Crippen LogP contribution in [0.15, 0.2) is 29.2 Å². The summed E-state index contributed by atoms with van der Waals surface area (Å²) in [7, 11) is -1.93. The topological polar surface area (TPSA) is 70.9 Å². The number of amides is 1. The van der Waals surface area contributed by atoms with Crippen LogP contribution in [0.1, 0.15) is 46.0 Å². The summed E-state index contributed by atoms with van der Waals surface area (Å²) in [6, 6.07) is 6.29. The molecule has 1 fully saturated rings. The Kier molecular flexibility index (Phi) is 7.61. The van der Waals surface area contributed by atoms with Crippen LogP contribution in [0, 0.1) is 0 Å². The number of carbonyl (C=O) groups excluding carboxylic acids is 1. The fourth-order valence-electron chi connectivity index (χ4n) is 3.17. The van der Waals surface area contributed by atoms with Gasteiger partial charge in [-0.1, -0.05) is 6.42 Å². The van der Waals surface area contributed by atoms with Gasteiger partial charge in [0.2, 0.25) is 10.0 Å². The average molecular weight is 383 g/mol. The normalized spacial score (nSPS) is 17.1. The van der Waals surface area contributed by atoms with E-state index >= 15 is 0 Å². The zero-order valence-electron chi connectivity index (χ0n) is 16.1. The zero-order chi connectivity index (χ0) is 19.2. The number of rotatable bonds is 6. The summed E-state index contributed by atoms with van der Waals surface area (Å²) in [6.07, 6.45) is 6.18. The fraction of sp³-hybridized carbons (Fsp3) is 0.632. The second kappa shape index (κ2) is 9.48. The van der Waals surface area contributed by atoms with Gasteiger partial charge in [0, 0.05) is 18.8 Å². The highest BCUT2D eigenvalue weighted by molar-refractivity contribution is 7.89.